The van der Waals surface area contributed by atoms with Gasteiger partial charge in [0.15, 0.2) is 17.2 Å². The van der Waals surface area contributed by atoms with Crippen molar-refractivity contribution >= 4 is 11.7 Å². The van der Waals surface area contributed by atoms with E-state index in [1.54, 1.807) is 12.1 Å². The van der Waals surface area contributed by atoms with Crippen molar-refractivity contribution in [2.75, 3.05) is 38.3 Å². The van der Waals surface area contributed by atoms with Gasteiger partial charge in [0.25, 0.3) is 5.91 Å². The molecule has 0 unspecified atom stereocenters. The van der Waals surface area contributed by atoms with Gasteiger partial charge in [0.2, 0.25) is 6.79 Å². The Morgan fingerprint density at radius 3 is 2.57 bits per heavy atom. The molecule has 2 aliphatic heterocycles. The van der Waals surface area contributed by atoms with Crippen LogP contribution in [0.4, 0.5) is 5.82 Å². The second kappa shape index (κ2) is 8.02. The van der Waals surface area contributed by atoms with Gasteiger partial charge in [0.05, 0.1) is 0 Å². The Morgan fingerprint density at radius 2 is 1.86 bits per heavy atom. The van der Waals surface area contributed by atoms with Crippen molar-refractivity contribution in [2.24, 2.45) is 0 Å². The lowest BCUT2D eigenvalue weighted by molar-refractivity contribution is 0.0621. The van der Waals surface area contributed by atoms with Crippen LogP contribution in [-0.4, -0.2) is 64.9 Å². The van der Waals surface area contributed by atoms with Crippen molar-refractivity contribution in [3.05, 3.63) is 41.6 Å². The van der Waals surface area contributed by atoms with Crippen LogP contribution in [0.3, 0.4) is 0 Å². The van der Waals surface area contributed by atoms with Crippen molar-refractivity contribution in [3.8, 4) is 11.5 Å². The monoisotopic (exact) mass is 383 g/mol. The van der Waals surface area contributed by atoms with Gasteiger partial charge >= 0.3 is 0 Å². The number of hydrogen-bond acceptors (Lipinski definition) is 7. The normalized spacial score (nSPS) is 16.5. The van der Waals surface area contributed by atoms with E-state index in [2.05, 4.69) is 26.5 Å². The van der Waals surface area contributed by atoms with E-state index in [1.807, 2.05) is 30.9 Å². The van der Waals surface area contributed by atoms with Gasteiger partial charge in [-0.25, -0.2) is 0 Å². The second-order valence-corrected chi connectivity index (χ2v) is 7.36. The topological polar surface area (TPSA) is 79.8 Å². The van der Waals surface area contributed by atoms with Crippen molar-refractivity contribution in [1.82, 2.24) is 20.0 Å². The predicted molar refractivity (Wildman–Crippen MR) is 105 cm³/mol. The standard InChI is InChI=1S/C20H25N5O3/c1-14(2)21-19-6-4-16(22-23-19)20(26)25-9-7-24(8-10-25)12-15-3-5-17-18(11-15)28-13-27-17/h3-6,11,14H,7-10,12-13H2,1-2H3,(H,21,23). The molecule has 2 aliphatic rings. The number of aromatic nitrogens is 2. The minimum Gasteiger partial charge on any atom is -0.454 e. The molecule has 3 heterocycles. The van der Waals surface area contributed by atoms with Gasteiger partial charge < -0.3 is 19.7 Å². The zero-order chi connectivity index (χ0) is 19.5. The Bertz CT molecular complexity index is 832. The summed E-state index contributed by atoms with van der Waals surface area (Å²) in [6, 6.07) is 9.85. The maximum Gasteiger partial charge on any atom is 0.274 e. The SMILES string of the molecule is CC(C)Nc1ccc(C(=O)N2CCN(Cc3ccc4c(c3)OCO4)CC2)nn1. The molecular weight excluding hydrogens is 358 g/mol. The van der Waals surface area contributed by atoms with Crippen LogP contribution in [0, 0.1) is 0 Å². The van der Waals surface area contributed by atoms with Gasteiger partial charge in [-0.3, -0.25) is 9.69 Å². The third kappa shape index (κ3) is 4.17. The fourth-order valence-corrected chi connectivity index (χ4v) is 3.39. The number of hydrogen-bond donors (Lipinski definition) is 1. The summed E-state index contributed by atoms with van der Waals surface area (Å²) in [5.41, 5.74) is 1.57. The van der Waals surface area contributed by atoms with E-state index in [0.29, 0.717) is 24.6 Å². The lowest BCUT2D eigenvalue weighted by Crippen LogP contribution is -2.48. The zero-order valence-electron chi connectivity index (χ0n) is 16.2. The number of carbonyl (C=O) groups excluding carboxylic acids is 1. The Kier molecular flexibility index (Phi) is 5.29. The van der Waals surface area contributed by atoms with E-state index in [-0.39, 0.29) is 18.7 Å². The summed E-state index contributed by atoms with van der Waals surface area (Å²) < 4.78 is 10.8. The molecule has 0 saturated carbocycles. The lowest BCUT2D eigenvalue weighted by Gasteiger charge is -2.34. The molecular formula is C20H25N5O3. The molecule has 0 spiro atoms. The fraction of sp³-hybridized carbons (Fsp3) is 0.450. The highest BCUT2D eigenvalue weighted by atomic mass is 16.7. The van der Waals surface area contributed by atoms with E-state index in [4.69, 9.17) is 9.47 Å². The van der Waals surface area contributed by atoms with Crippen LogP contribution in [0.1, 0.15) is 29.9 Å². The molecule has 0 radical (unpaired) electrons. The van der Waals surface area contributed by atoms with Gasteiger partial charge in [-0.2, -0.15) is 0 Å². The Hall–Kier alpha value is -2.87. The summed E-state index contributed by atoms with van der Waals surface area (Å²) in [4.78, 5) is 16.9. The van der Waals surface area contributed by atoms with Crippen LogP contribution < -0.4 is 14.8 Å². The molecule has 8 heteroatoms. The Morgan fingerprint density at radius 1 is 1.07 bits per heavy atom. The summed E-state index contributed by atoms with van der Waals surface area (Å²) in [5, 5.41) is 11.3. The largest absolute Gasteiger partial charge is 0.454 e. The van der Waals surface area contributed by atoms with E-state index in [1.165, 1.54) is 5.56 Å². The molecule has 1 aromatic carbocycles. The number of anilines is 1. The van der Waals surface area contributed by atoms with Crippen LogP contribution in [0.2, 0.25) is 0 Å². The quantitative estimate of drug-likeness (QED) is 0.846. The lowest BCUT2D eigenvalue weighted by atomic mass is 10.1. The van der Waals surface area contributed by atoms with Crippen molar-refractivity contribution in [3.63, 3.8) is 0 Å². The van der Waals surface area contributed by atoms with Gasteiger partial charge in [-0.05, 0) is 43.7 Å². The Labute approximate surface area is 164 Å². The summed E-state index contributed by atoms with van der Waals surface area (Å²) in [7, 11) is 0. The smallest absolute Gasteiger partial charge is 0.274 e. The third-order valence-corrected chi connectivity index (χ3v) is 4.82. The molecule has 148 valence electrons. The van der Waals surface area contributed by atoms with Crippen LogP contribution in [0.5, 0.6) is 11.5 Å². The number of fused-ring (bicyclic) bond motifs is 1. The molecule has 8 nitrogen and oxygen atoms in total. The maximum absolute atomic E-state index is 12.7. The van der Waals surface area contributed by atoms with Crippen molar-refractivity contribution in [1.29, 1.82) is 0 Å². The molecule has 0 atom stereocenters. The van der Waals surface area contributed by atoms with Crippen LogP contribution in [0.15, 0.2) is 30.3 Å². The molecule has 4 rings (SSSR count). The molecule has 0 aliphatic carbocycles. The average molecular weight is 383 g/mol. The maximum atomic E-state index is 12.7. The minimum atomic E-state index is -0.0636. The first-order valence-electron chi connectivity index (χ1n) is 9.59. The number of piperazine rings is 1. The van der Waals surface area contributed by atoms with Crippen molar-refractivity contribution in [2.45, 2.75) is 26.4 Å². The minimum absolute atomic E-state index is 0.0636. The first-order chi connectivity index (χ1) is 13.6. The van der Waals surface area contributed by atoms with E-state index in [9.17, 15) is 4.79 Å². The van der Waals surface area contributed by atoms with Crippen molar-refractivity contribution < 1.29 is 14.3 Å². The van der Waals surface area contributed by atoms with Crippen LogP contribution in [0.25, 0.3) is 0 Å². The number of rotatable bonds is 5. The highest BCUT2D eigenvalue weighted by Gasteiger charge is 2.24. The first kappa shape index (κ1) is 18.5. The zero-order valence-corrected chi connectivity index (χ0v) is 16.2. The summed E-state index contributed by atoms with van der Waals surface area (Å²) in [6.45, 7) is 8.17. The number of amides is 1. The molecule has 1 saturated heterocycles. The van der Waals surface area contributed by atoms with Gasteiger partial charge in [0.1, 0.15) is 5.82 Å². The van der Waals surface area contributed by atoms with E-state index in [0.717, 1.165) is 31.1 Å². The van der Waals surface area contributed by atoms with Gasteiger partial charge in [0, 0.05) is 38.8 Å². The Balaban J connectivity index is 1.30. The molecule has 1 aromatic heterocycles. The molecule has 1 amide bonds. The molecule has 1 fully saturated rings. The number of benzene rings is 1. The molecule has 2 aromatic rings. The van der Waals surface area contributed by atoms with Gasteiger partial charge in [-0.1, -0.05) is 6.07 Å². The highest BCUT2D eigenvalue weighted by molar-refractivity contribution is 5.92. The van der Waals surface area contributed by atoms with Crippen LogP contribution >= 0.6 is 0 Å². The molecule has 28 heavy (non-hydrogen) atoms. The first-order valence-corrected chi connectivity index (χ1v) is 9.59. The molecule has 0 bridgehead atoms. The van der Waals surface area contributed by atoms with E-state index < -0.39 is 0 Å². The average Bonchev–Trinajstić information content (AvgIpc) is 3.16. The number of nitrogens with zero attached hydrogens (tertiary/aromatic N) is 4. The predicted octanol–water partition coefficient (Wildman–Crippen LogP) is 1.98. The van der Waals surface area contributed by atoms with E-state index >= 15 is 0 Å². The number of carbonyl (C=O) groups is 1. The van der Waals surface area contributed by atoms with Crippen LogP contribution in [-0.2, 0) is 6.54 Å². The second-order valence-electron chi connectivity index (χ2n) is 7.36. The molecule has 1 N–H and O–H groups in total. The summed E-state index contributed by atoms with van der Waals surface area (Å²) in [6.07, 6.45) is 0. The summed E-state index contributed by atoms with van der Waals surface area (Å²) >= 11 is 0. The number of nitrogens with one attached hydrogen (secondary N) is 1. The van der Waals surface area contributed by atoms with Gasteiger partial charge in [-0.15, -0.1) is 10.2 Å². The third-order valence-electron chi connectivity index (χ3n) is 4.82. The fourth-order valence-electron chi connectivity index (χ4n) is 3.39. The summed E-state index contributed by atoms with van der Waals surface area (Å²) in [5.74, 6) is 2.22. The highest BCUT2D eigenvalue weighted by Crippen LogP contribution is 2.32. The number of ether oxygens (including phenoxy) is 2.